The Balaban J connectivity index is 1.25. The van der Waals surface area contributed by atoms with Gasteiger partial charge in [0.2, 0.25) is 12.7 Å². The lowest BCUT2D eigenvalue weighted by Gasteiger charge is -2.31. The van der Waals surface area contributed by atoms with Gasteiger partial charge >= 0.3 is 0 Å². The zero-order valence-electron chi connectivity index (χ0n) is 17.6. The van der Waals surface area contributed by atoms with Crippen LogP contribution >= 0.6 is 0 Å². The zero-order valence-corrected chi connectivity index (χ0v) is 17.6. The second-order valence-corrected chi connectivity index (χ2v) is 8.85. The number of benzene rings is 2. The third kappa shape index (κ3) is 2.69. The first-order valence-electron chi connectivity index (χ1n) is 11.0. The summed E-state index contributed by atoms with van der Waals surface area (Å²) in [5.74, 6) is 2.07. The van der Waals surface area contributed by atoms with Crippen molar-refractivity contribution in [3.8, 4) is 17.2 Å². The molecule has 2 N–H and O–H groups in total. The van der Waals surface area contributed by atoms with E-state index in [4.69, 9.17) is 18.6 Å². The number of ether oxygens (including phenoxy) is 3. The molecule has 1 saturated carbocycles. The number of para-hydroxylation sites is 1. The van der Waals surface area contributed by atoms with Crippen molar-refractivity contribution in [2.45, 2.75) is 37.1 Å². The van der Waals surface area contributed by atoms with Gasteiger partial charge in [-0.15, -0.1) is 0 Å². The van der Waals surface area contributed by atoms with E-state index in [9.17, 15) is 9.90 Å². The van der Waals surface area contributed by atoms with E-state index in [0.29, 0.717) is 23.1 Å². The number of nitrogens with zero attached hydrogens (tertiary/aromatic N) is 2. The Kier molecular flexibility index (Phi) is 3.79. The molecule has 1 aromatic heterocycles. The van der Waals surface area contributed by atoms with E-state index in [1.807, 2.05) is 41.3 Å². The summed E-state index contributed by atoms with van der Waals surface area (Å²) in [5.41, 5.74) is 2.11. The molecule has 1 spiro atoms. The van der Waals surface area contributed by atoms with Crippen LogP contribution in [0.1, 0.15) is 40.3 Å². The molecular formula is C24H21N3O6. The van der Waals surface area contributed by atoms with E-state index in [2.05, 4.69) is 10.3 Å². The lowest BCUT2D eigenvalue weighted by Crippen LogP contribution is -2.46. The molecule has 33 heavy (non-hydrogen) atoms. The number of rotatable bonds is 4. The van der Waals surface area contributed by atoms with Crippen molar-refractivity contribution in [1.29, 1.82) is 0 Å². The highest BCUT2D eigenvalue weighted by atomic mass is 16.7. The van der Waals surface area contributed by atoms with Crippen LogP contribution in [0.4, 0.5) is 5.69 Å². The van der Waals surface area contributed by atoms with Gasteiger partial charge in [-0.2, -0.15) is 0 Å². The maximum atomic E-state index is 12.3. The molecule has 7 rings (SSSR count). The monoisotopic (exact) mass is 447 g/mol. The quantitative estimate of drug-likeness (QED) is 0.628. The molecule has 168 valence electrons. The lowest BCUT2D eigenvalue weighted by atomic mass is 9.76. The number of hydrogen-bond acceptors (Lipinski definition) is 8. The number of aliphatic hydroxyl groups excluding tert-OH is 1. The summed E-state index contributed by atoms with van der Waals surface area (Å²) < 4.78 is 22.7. The highest BCUT2D eigenvalue weighted by Gasteiger charge is 2.57. The fourth-order valence-corrected chi connectivity index (χ4v) is 5.03. The first-order chi connectivity index (χ1) is 16.1. The van der Waals surface area contributed by atoms with Crippen molar-refractivity contribution in [1.82, 2.24) is 10.3 Å². The van der Waals surface area contributed by atoms with Crippen LogP contribution in [0.2, 0.25) is 0 Å². The van der Waals surface area contributed by atoms with Crippen LogP contribution in [-0.4, -0.2) is 41.7 Å². The molecule has 1 fully saturated rings. The van der Waals surface area contributed by atoms with Crippen LogP contribution in [-0.2, 0) is 12.0 Å². The number of carbonyl (C=O) groups is 1. The second-order valence-electron chi connectivity index (χ2n) is 8.85. The number of hydrogen-bond donors (Lipinski definition) is 2. The third-order valence-electron chi connectivity index (χ3n) is 6.84. The predicted octanol–water partition coefficient (Wildman–Crippen LogP) is 2.31. The molecule has 3 aliphatic heterocycles. The summed E-state index contributed by atoms with van der Waals surface area (Å²) in [6.45, 7) is 0.647. The number of anilines is 1. The van der Waals surface area contributed by atoms with Crippen molar-refractivity contribution in [2.75, 3.05) is 18.3 Å². The van der Waals surface area contributed by atoms with Gasteiger partial charge in [-0.05, 0) is 30.5 Å². The Bertz CT molecular complexity index is 1280. The van der Waals surface area contributed by atoms with Crippen LogP contribution in [0, 0.1) is 0 Å². The molecule has 2 unspecified atom stereocenters. The highest BCUT2D eigenvalue weighted by Crippen LogP contribution is 2.56. The molecule has 3 aromatic rings. The molecule has 4 aliphatic rings. The van der Waals surface area contributed by atoms with Crippen LogP contribution in [0.3, 0.4) is 0 Å². The van der Waals surface area contributed by atoms with Gasteiger partial charge in [-0.25, -0.2) is 4.98 Å². The van der Waals surface area contributed by atoms with Gasteiger partial charge in [-0.1, -0.05) is 18.2 Å². The van der Waals surface area contributed by atoms with E-state index < -0.39 is 11.6 Å². The average Bonchev–Trinajstić information content (AvgIpc) is 3.19. The molecule has 9 nitrogen and oxygen atoms in total. The van der Waals surface area contributed by atoms with Gasteiger partial charge in [0.15, 0.2) is 17.2 Å². The summed E-state index contributed by atoms with van der Waals surface area (Å²) in [4.78, 5) is 18.5. The molecule has 4 heterocycles. The van der Waals surface area contributed by atoms with Gasteiger partial charge in [0.1, 0.15) is 30.3 Å². The Morgan fingerprint density at radius 3 is 2.79 bits per heavy atom. The van der Waals surface area contributed by atoms with Gasteiger partial charge in [0.05, 0.1) is 6.54 Å². The van der Waals surface area contributed by atoms with E-state index in [1.54, 1.807) is 0 Å². The third-order valence-corrected chi connectivity index (χ3v) is 6.84. The Morgan fingerprint density at radius 2 is 1.94 bits per heavy atom. The van der Waals surface area contributed by atoms with Crippen molar-refractivity contribution < 1.29 is 28.5 Å². The fourth-order valence-electron chi connectivity index (χ4n) is 5.03. The highest BCUT2D eigenvalue weighted by molar-refractivity contribution is 5.92. The zero-order chi connectivity index (χ0) is 22.2. The predicted molar refractivity (Wildman–Crippen MR) is 114 cm³/mol. The number of aliphatic hydroxyl groups is 1. The topological polar surface area (TPSA) is 106 Å². The summed E-state index contributed by atoms with van der Waals surface area (Å²) in [6.07, 6.45) is 2.43. The van der Waals surface area contributed by atoms with Crippen LogP contribution in [0.15, 0.2) is 47.1 Å². The number of fused-ring (bicyclic) bond motifs is 5. The maximum Gasteiger partial charge on any atom is 0.273 e. The van der Waals surface area contributed by atoms with Gasteiger partial charge in [-0.3, -0.25) is 4.79 Å². The van der Waals surface area contributed by atoms with E-state index >= 15 is 0 Å². The molecule has 0 saturated heterocycles. The number of aromatic nitrogens is 1. The number of carbonyl (C=O) groups excluding carboxylic acids is 1. The van der Waals surface area contributed by atoms with Gasteiger partial charge in [0, 0.05) is 23.4 Å². The molecule has 2 aromatic carbocycles. The first kappa shape index (κ1) is 18.8. The first-order valence-corrected chi connectivity index (χ1v) is 11.0. The molecular weight excluding hydrogens is 426 g/mol. The molecule has 9 heteroatoms. The van der Waals surface area contributed by atoms with Crippen molar-refractivity contribution in [3.63, 3.8) is 0 Å². The van der Waals surface area contributed by atoms with Gasteiger partial charge < -0.3 is 34.0 Å². The van der Waals surface area contributed by atoms with Gasteiger partial charge in [0.25, 0.3) is 5.91 Å². The normalized spacial score (nSPS) is 24.0. The smallest absolute Gasteiger partial charge is 0.273 e. The Hall–Kier alpha value is -3.72. The minimum Gasteiger partial charge on any atom is -0.492 e. The van der Waals surface area contributed by atoms with Crippen molar-refractivity contribution >= 4 is 11.6 Å². The number of amides is 1. The summed E-state index contributed by atoms with van der Waals surface area (Å²) >= 11 is 0. The number of nitrogens with one attached hydrogen (secondary N) is 1. The number of oxazole rings is 1. The van der Waals surface area contributed by atoms with Crippen molar-refractivity contribution in [2.24, 2.45) is 0 Å². The fraction of sp³-hybridized carbons (Fsp3) is 0.333. The van der Waals surface area contributed by atoms with Crippen LogP contribution < -0.4 is 24.4 Å². The largest absolute Gasteiger partial charge is 0.492 e. The SMILES string of the molecule is O=C(NC1CC1)c1coc(CN2c3ccccc3C3(COc4cc5c(cc43)OCO5)C2O)n1. The van der Waals surface area contributed by atoms with Crippen LogP contribution in [0.5, 0.6) is 17.2 Å². The minimum atomic E-state index is -0.938. The second kappa shape index (κ2) is 6.64. The van der Waals surface area contributed by atoms with Crippen LogP contribution in [0.25, 0.3) is 0 Å². The molecule has 1 amide bonds. The maximum absolute atomic E-state index is 12.3. The van der Waals surface area contributed by atoms with E-state index in [0.717, 1.165) is 29.7 Å². The summed E-state index contributed by atoms with van der Waals surface area (Å²) in [5, 5.41) is 14.6. The average molecular weight is 447 g/mol. The molecule has 1 aliphatic carbocycles. The Morgan fingerprint density at radius 1 is 1.12 bits per heavy atom. The lowest BCUT2D eigenvalue weighted by molar-refractivity contribution is 0.0926. The van der Waals surface area contributed by atoms with E-state index in [-0.39, 0.29) is 37.6 Å². The molecule has 0 bridgehead atoms. The Labute approximate surface area is 188 Å². The molecule has 2 atom stereocenters. The summed E-state index contributed by atoms with van der Waals surface area (Å²) in [7, 11) is 0. The molecule has 0 radical (unpaired) electrons. The van der Waals surface area contributed by atoms with E-state index in [1.165, 1.54) is 6.26 Å². The summed E-state index contributed by atoms with van der Waals surface area (Å²) in [6, 6.07) is 11.8. The van der Waals surface area contributed by atoms with Crippen molar-refractivity contribution in [3.05, 3.63) is 65.4 Å². The standard InChI is InChI=1S/C24H21N3O6/c28-22(25-13-5-6-13)16-10-30-21(26-16)9-27-17-4-2-1-3-14(17)24(23(27)29)11-31-18-8-20-19(7-15(18)24)32-12-33-20/h1-4,7-8,10,13,23,29H,5-6,9,11-12H2,(H,25,28). The minimum absolute atomic E-state index is 0.164.